The summed E-state index contributed by atoms with van der Waals surface area (Å²) in [5.74, 6) is 0.0204. The van der Waals surface area contributed by atoms with Crippen molar-refractivity contribution in [3.8, 4) is 5.75 Å². The Hall–Kier alpha value is -1.33. The number of fused-ring (bicyclic) bond motifs is 1. The molecule has 1 fully saturated rings. The van der Waals surface area contributed by atoms with Gasteiger partial charge in [0.2, 0.25) is 0 Å². The predicted octanol–water partition coefficient (Wildman–Crippen LogP) is 4.73. The minimum Gasteiger partial charge on any atom is -0.433 e. The fourth-order valence-electron chi connectivity index (χ4n) is 3.33. The number of anilines is 1. The number of ether oxygens (including phenoxy) is 2. The molecule has 0 radical (unpaired) electrons. The van der Waals surface area contributed by atoms with Crippen molar-refractivity contribution in [1.82, 2.24) is 0 Å². The molecule has 1 unspecified atom stereocenters. The van der Waals surface area contributed by atoms with E-state index in [1.54, 1.807) is 12.1 Å². The Kier molecular flexibility index (Phi) is 4.52. The van der Waals surface area contributed by atoms with Crippen LogP contribution >= 0.6 is 11.6 Å². The maximum absolute atomic E-state index is 12.6. The van der Waals surface area contributed by atoms with Crippen molar-refractivity contribution in [1.29, 1.82) is 0 Å². The molecule has 1 aromatic carbocycles. The summed E-state index contributed by atoms with van der Waals surface area (Å²) in [5, 5.41) is 0.197. The van der Waals surface area contributed by atoms with Crippen LogP contribution in [0.15, 0.2) is 18.2 Å². The van der Waals surface area contributed by atoms with E-state index in [0.717, 1.165) is 30.6 Å². The van der Waals surface area contributed by atoms with Crippen molar-refractivity contribution < 1.29 is 18.3 Å². The number of hydrogen-bond donors (Lipinski definition) is 0. The molecular weight excluding hydrogens is 324 g/mol. The fourth-order valence-corrected chi connectivity index (χ4v) is 3.55. The average molecular weight is 344 g/mol. The molecule has 0 N–H and O–H groups in total. The summed E-state index contributed by atoms with van der Waals surface area (Å²) in [7, 11) is 0. The Balaban J connectivity index is 1.93. The molecule has 1 atom stereocenters. The molecule has 2 aliphatic rings. The minimum atomic E-state index is -2.89. The topological polar surface area (TPSA) is 21.7 Å². The molecule has 2 heterocycles. The number of hydrogen-bond acceptors (Lipinski definition) is 3. The fraction of sp³-hybridized carbons (Fsp3) is 0.529. The largest absolute Gasteiger partial charge is 0.433 e. The van der Waals surface area contributed by atoms with Crippen molar-refractivity contribution in [2.45, 2.75) is 44.9 Å². The van der Waals surface area contributed by atoms with Crippen LogP contribution in [-0.4, -0.2) is 31.4 Å². The molecule has 0 spiro atoms. The van der Waals surface area contributed by atoms with Crippen molar-refractivity contribution >= 4 is 23.4 Å². The lowest BCUT2D eigenvalue weighted by Crippen LogP contribution is -2.47. The molecule has 0 aliphatic carbocycles. The number of nitrogens with zero attached hydrogens (tertiary/aromatic N) is 1. The second kappa shape index (κ2) is 6.29. The van der Waals surface area contributed by atoms with E-state index in [-0.39, 0.29) is 16.4 Å². The second-order valence-corrected chi connectivity index (χ2v) is 6.94. The number of benzene rings is 1. The third-order valence-electron chi connectivity index (χ3n) is 4.32. The average Bonchev–Trinajstić information content (AvgIpc) is 2.46. The summed E-state index contributed by atoms with van der Waals surface area (Å²) in [4.78, 5) is 2.23. The van der Waals surface area contributed by atoms with Gasteiger partial charge in [-0.15, -0.1) is 0 Å². The molecule has 6 heteroatoms. The maximum Gasteiger partial charge on any atom is 0.387 e. The molecule has 3 rings (SSSR count). The Morgan fingerprint density at radius 1 is 1.39 bits per heavy atom. The SMILES string of the molecule is CC1(C)CC(N2CC=Cc3cc(Cl)c(OC(F)F)cc32)CCO1. The van der Waals surface area contributed by atoms with Crippen LogP contribution in [0.3, 0.4) is 0 Å². The summed E-state index contributed by atoms with van der Waals surface area (Å²) < 4.78 is 35.4. The van der Waals surface area contributed by atoms with Gasteiger partial charge in [-0.1, -0.05) is 23.8 Å². The van der Waals surface area contributed by atoms with Crippen LogP contribution in [0.2, 0.25) is 5.02 Å². The van der Waals surface area contributed by atoms with Crippen LogP contribution < -0.4 is 9.64 Å². The predicted molar refractivity (Wildman–Crippen MR) is 87.5 cm³/mol. The van der Waals surface area contributed by atoms with Gasteiger partial charge in [0.25, 0.3) is 0 Å². The van der Waals surface area contributed by atoms with Gasteiger partial charge in [-0.05, 0) is 38.3 Å². The summed E-state index contributed by atoms with van der Waals surface area (Å²) in [6.07, 6.45) is 5.82. The van der Waals surface area contributed by atoms with Crippen molar-refractivity contribution in [3.63, 3.8) is 0 Å². The van der Waals surface area contributed by atoms with Gasteiger partial charge in [0.15, 0.2) is 0 Å². The van der Waals surface area contributed by atoms with Gasteiger partial charge < -0.3 is 14.4 Å². The van der Waals surface area contributed by atoms with Gasteiger partial charge in [0.05, 0.1) is 10.6 Å². The molecule has 23 heavy (non-hydrogen) atoms. The van der Waals surface area contributed by atoms with Crippen LogP contribution in [0.1, 0.15) is 32.3 Å². The monoisotopic (exact) mass is 343 g/mol. The molecule has 0 aromatic heterocycles. The highest BCUT2D eigenvalue weighted by Crippen LogP contribution is 2.39. The van der Waals surface area contributed by atoms with E-state index in [4.69, 9.17) is 16.3 Å². The van der Waals surface area contributed by atoms with Crippen LogP contribution in [0, 0.1) is 0 Å². The van der Waals surface area contributed by atoms with Crippen LogP contribution in [0.4, 0.5) is 14.5 Å². The first-order valence-corrected chi connectivity index (χ1v) is 8.09. The highest BCUT2D eigenvalue weighted by atomic mass is 35.5. The highest BCUT2D eigenvalue weighted by Gasteiger charge is 2.33. The molecule has 126 valence electrons. The molecule has 1 aromatic rings. The lowest BCUT2D eigenvalue weighted by atomic mass is 9.91. The summed E-state index contributed by atoms with van der Waals surface area (Å²) >= 11 is 6.05. The summed E-state index contributed by atoms with van der Waals surface area (Å²) in [6, 6.07) is 3.60. The third kappa shape index (κ3) is 3.61. The second-order valence-electron chi connectivity index (χ2n) is 6.53. The molecule has 0 amide bonds. The van der Waals surface area contributed by atoms with E-state index in [0.29, 0.717) is 12.6 Å². The molecule has 2 aliphatic heterocycles. The van der Waals surface area contributed by atoms with E-state index >= 15 is 0 Å². The lowest BCUT2D eigenvalue weighted by Gasteiger charge is -2.43. The Bertz CT molecular complexity index is 619. The van der Waals surface area contributed by atoms with Crippen LogP contribution in [0.5, 0.6) is 5.75 Å². The molecule has 3 nitrogen and oxygen atoms in total. The zero-order valence-electron chi connectivity index (χ0n) is 13.2. The third-order valence-corrected chi connectivity index (χ3v) is 4.61. The van der Waals surface area contributed by atoms with Gasteiger partial charge >= 0.3 is 6.61 Å². The Labute approximate surface area is 139 Å². The first-order valence-electron chi connectivity index (χ1n) is 7.71. The quantitative estimate of drug-likeness (QED) is 0.791. The van der Waals surface area contributed by atoms with Crippen LogP contribution in [0.25, 0.3) is 6.08 Å². The van der Waals surface area contributed by atoms with E-state index in [2.05, 4.69) is 29.6 Å². The molecule has 0 saturated carbocycles. The van der Waals surface area contributed by atoms with E-state index < -0.39 is 6.61 Å². The Morgan fingerprint density at radius 3 is 2.87 bits per heavy atom. The maximum atomic E-state index is 12.6. The van der Waals surface area contributed by atoms with E-state index in [1.807, 2.05) is 6.08 Å². The summed E-state index contributed by atoms with van der Waals surface area (Å²) in [5.41, 5.74) is 1.63. The highest BCUT2D eigenvalue weighted by molar-refractivity contribution is 6.32. The molecular formula is C17H20ClF2NO2. The summed E-state index contributed by atoms with van der Waals surface area (Å²) in [6.45, 7) is 2.70. The van der Waals surface area contributed by atoms with Gasteiger partial charge in [-0.25, -0.2) is 0 Å². The van der Waals surface area contributed by atoms with Gasteiger partial charge in [0.1, 0.15) is 5.75 Å². The molecule has 1 saturated heterocycles. The smallest absolute Gasteiger partial charge is 0.387 e. The van der Waals surface area contributed by atoms with Crippen molar-refractivity contribution in [3.05, 3.63) is 28.8 Å². The number of halogens is 3. The number of alkyl halides is 2. The van der Waals surface area contributed by atoms with Crippen LogP contribution in [-0.2, 0) is 4.74 Å². The van der Waals surface area contributed by atoms with Gasteiger partial charge in [-0.3, -0.25) is 0 Å². The zero-order chi connectivity index (χ0) is 16.6. The minimum absolute atomic E-state index is 0.0204. The zero-order valence-corrected chi connectivity index (χ0v) is 13.9. The number of rotatable bonds is 3. The van der Waals surface area contributed by atoms with E-state index in [1.165, 1.54) is 0 Å². The lowest BCUT2D eigenvalue weighted by molar-refractivity contribution is -0.0587. The van der Waals surface area contributed by atoms with E-state index in [9.17, 15) is 8.78 Å². The standard InChI is InChI=1S/C17H20ClF2NO2/c1-17(2)10-12(5-7-22-17)21-6-3-4-11-8-13(18)15(9-14(11)21)23-16(19)20/h3-4,8-9,12,16H,5-7,10H2,1-2H3. The molecule has 0 bridgehead atoms. The normalized spacial score (nSPS) is 23.0. The first-order chi connectivity index (χ1) is 10.9. The first kappa shape index (κ1) is 16.5. The van der Waals surface area contributed by atoms with Crippen molar-refractivity contribution in [2.75, 3.05) is 18.1 Å². The Morgan fingerprint density at radius 2 is 2.17 bits per heavy atom. The van der Waals surface area contributed by atoms with Gasteiger partial charge in [-0.2, -0.15) is 8.78 Å². The van der Waals surface area contributed by atoms with Gasteiger partial charge in [0, 0.05) is 30.9 Å². The van der Waals surface area contributed by atoms with Crippen molar-refractivity contribution in [2.24, 2.45) is 0 Å².